The third kappa shape index (κ3) is 7.10. The van der Waals surface area contributed by atoms with Gasteiger partial charge in [-0.25, -0.2) is 13.1 Å². The van der Waals surface area contributed by atoms with Crippen LogP contribution in [0.25, 0.3) is 0 Å². The molecule has 0 radical (unpaired) electrons. The fourth-order valence-electron chi connectivity index (χ4n) is 2.73. The van der Waals surface area contributed by atoms with Gasteiger partial charge in [0.05, 0.1) is 10.9 Å². The van der Waals surface area contributed by atoms with E-state index >= 15 is 0 Å². The van der Waals surface area contributed by atoms with E-state index in [9.17, 15) is 13.5 Å². The minimum absolute atomic E-state index is 0.136. The molecule has 0 aliphatic rings. The largest absolute Gasteiger partial charge is 0.395 e. The Morgan fingerprint density at radius 1 is 1.30 bits per heavy atom. The van der Waals surface area contributed by atoms with E-state index in [2.05, 4.69) is 25.5 Å². The molecule has 23 heavy (non-hydrogen) atoms. The molecule has 0 amide bonds. The van der Waals surface area contributed by atoms with E-state index in [1.165, 1.54) is 6.07 Å². The zero-order chi connectivity index (χ0) is 17.5. The van der Waals surface area contributed by atoms with Crippen molar-refractivity contribution in [2.75, 3.05) is 6.61 Å². The maximum absolute atomic E-state index is 12.5. The maximum Gasteiger partial charge on any atom is 0.250 e. The van der Waals surface area contributed by atoms with Crippen LogP contribution in [0.2, 0.25) is 4.34 Å². The van der Waals surface area contributed by atoms with Crippen LogP contribution in [0.1, 0.15) is 52.9 Å². The van der Waals surface area contributed by atoms with E-state index in [-0.39, 0.29) is 16.7 Å². The summed E-state index contributed by atoms with van der Waals surface area (Å²) in [7, 11) is -3.64. The number of hydrogen-bond donors (Lipinski definition) is 2. The second-order valence-electron chi connectivity index (χ2n) is 6.35. The Kier molecular flexibility index (Phi) is 9.08. The van der Waals surface area contributed by atoms with Crippen LogP contribution in [0.5, 0.6) is 0 Å². The number of aliphatic hydroxyl groups excluding tert-OH is 1. The Morgan fingerprint density at radius 3 is 2.48 bits per heavy atom. The first-order valence-electron chi connectivity index (χ1n) is 8.18. The molecule has 134 valence electrons. The molecule has 4 nitrogen and oxygen atoms in total. The van der Waals surface area contributed by atoms with E-state index < -0.39 is 16.1 Å². The number of halogens is 1. The van der Waals surface area contributed by atoms with Gasteiger partial charge in [0.25, 0.3) is 0 Å². The molecule has 1 aromatic rings. The second-order valence-corrected chi connectivity index (χ2v) is 10.0. The van der Waals surface area contributed by atoms with Gasteiger partial charge >= 0.3 is 0 Å². The molecule has 0 aliphatic carbocycles. The van der Waals surface area contributed by atoms with Crippen molar-refractivity contribution in [1.82, 2.24) is 4.72 Å². The van der Waals surface area contributed by atoms with Gasteiger partial charge in [0, 0.05) is 6.04 Å². The monoisotopic (exact) mass is 381 g/mol. The summed E-state index contributed by atoms with van der Waals surface area (Å²) in [5, 5.41) is 9.73. The smallest absolute Gasteiger partial charge is 0.250 e. The number of sulfonamides is 1. The Morgan fingerprint density at radius 2 is 2.00 bits per heavy atom. The second kappa shape index (κ2) is 9.99. The predicted octanol–water partition coefficient (Wildman–Crippen LogP) is 4.28. The average molecular weight is 382 g/mol. The van der Waals surface area contributed by atoms with Gasteiger partial charge in [-0.2, -0.15) is 0 Å². The lowest BCUT2D eigenvalue weighted by Crippen LogP contribution is -2.43. The van der Waals surface area contributed by atoms with Crippen LogP contribution in [0.4, 0.5) is 0 Å². The number of rotatable bonds is 11. The molecule has 0 aromatic carbocycles. The van der Waals surface area contributed by atoms with E-state index in [4.69, 9.17) is 11.6 Å². The van der Waals surface area contributed by atoms with Gasteiger partial charge in [0.2, 0.25) is 10.0 Å². The summed E-state index contributed by atoms with van der Waals surface area (Å²) < 4.78 is 28.2. The Bertz CT molecular complexity index is 557. The molecule has 1 rings (SSSR count). The molecular weight excluding hydrogens is 354 g/mol. The Balaban J connectivity index is 2.84. The number of aliphatic hydroxyl groups is 1. The number of nitrogens with one attached hydrogen (secondary N) is 1. The summed E-state index contributed by atoms with van der Waals surface area (Å²) in [5.74, 6) is 0.591. The maximum atomic E-state index is 12.5. The minimum Gasteiger partial charge on any atom is -0.395 e. The van der Waals surface area contributed by atoms with E-state index in [1.54, 1.807) is 6.07 Å². The van der Waals surface area contributed by atoms with Gasteiger partial charge in [-0.15, -0.1) is 11.3 Å². The number of unbranched alkanes of at least 4 members (excludes halogenated alkanes) is 2. The molecule has 0 spiro atoms. The van der Waals surface area contributed by atoms with E-state index in [0.29, 0.717) is 10.3 Å². The van der Waals surface area contributed by atoms with Crippen molar-refractivity contribution < 1.29 is 13.5 Å². The molecule has 1 aromatic heterocycles. The van der Waals surface area contributed by atoms with E-state index in [0.717, 1.165) is 43.4 Å². The summed E-state index contributed by atoms with van der Waals surface area (Å²) >= 11 is 6.86. The zero-order valence-electron chi connectivity index (χ0n) is 14.1. The fraction of sp³-hybridized carbons (Fsp3) is 0.750. The SMILES string of the molecule is CCCCC[C@H](CC(C)C)[C@@H](CO)NS(=O)(=O)c1ccc(Cl)s1. The van der Waals surface area contributed by atoms with Gasteiger partial charge in [-0.05, 0) is 36.8 Å². The van der Waals surface area contributed by atoms with Crippen LogP contribution < -0.4 is 4.72 Å². The number of hydrogen-bond acceptors (Lipinski definition) is 4. The Labute approximate surface area is 149 Å². The third-order valence-electron chi connectivity index (χ3n) is 3.84. The highest BCUT2D eigenvalue weighted by atomic mass is 35.5. The molecule has 0 unspecified atom stereocenters. The molecule has 0 aliphatic heterocycles. The lowest BCUT2D eigenvalue weighted by Gasteiger charge is -2.27. The van der Waals surface area contributed by atoms with Crippen molar-refractivity contribution >= 4 is 33.0 Å². The highest BCUT2D eigenvalue weighted by Crippen LogP contribution is 2.27. The van der Waals surface area contributed by atoms with Crippen molar-refractivity contribution in [3.63, 3.8) is 0 Å². The summed E-state index contributed by atoms with van der Waals surface area (Å²) in [4.78, 5) is 0. The van der Waals surface area contributed by atoms with Crippen LogP contribution in [-0.2, 0) is 10.0 Å². The highest BCUT2D eigenvalue weighted by molar-refractivity contribution is 7.91. The van der Waals surface area contributed by atoms with Crippen LogP contribution in [0, 0.1) is 11.8 Å². The average Bonchev–Trinajstić information content (AvgIpc) is 2.91. The Hall–Kier alpha value is -0.140. The minimum atomic E-state index is -3.64. The van der Waals surface area contributed by atoms with Crippen LogP contribution in [0.15, 0.2) is 16.3 Å². The topological polar surface area (TPSA) is 66.4 Å². The highest BCUT2D eigenvalue weighted by Gasteiger charge is 2.27. The van der Waals surface area contributed by atoms with Crippen LogP contribution in [0.3, 0.4) is 0 Å². The lowest BCUT2D eigenvalue weighted by atomic mass is 9.87. The van der Waals surface area contributed by atoms with Crippen LogP contribution >= 0.6 is 22.9 Å². The summed E-state index contributed by atoms with van der Waals surface area (Å²) in [5.41, 5.74) is 0. The molecule has 0 fully saturated rings. The molecule has 0 bridgehead atoms. The first kappa shape index (κ1) is 20.9. The zero-order valence-corrected chi connectivity index (χ0v) is 16.5. The van der Waals surface area contributed by atoms with Gasteiger partial charge < -0.3 is 5.11 Å². The van der Waals surface area contributed by atoms with E-state index in [1.807, 2.05) is 0 Å². The summed E-state index contributed by atoms with van der Waals surface area (Å²) in [6, 6.07) is 2.61. The molecule has 2 N–H and O–H groups in total. The summed E-state index contributed by atoms with van der Waals surface area (Å²) in [6.45, 7) is 6.19. The van der Waals surface area contributed by atoms with Crippen molar-refractivity contribution in [1.29, 1.82) is 0 Å². The van der Waals surface area contributed by atoms with Gasteiger partial charge in [0.1, 0.15) is 4.21 Å². The molecular formula is C16H28ClNO3S2. The van der Waals surface area contributed by atoms with Crippen molar-refractivity contribution in [2.45, 2.75) is 63.1 Å². The molecule has 1 heterocycles. The fourth-order valence-corrected chi connectivity index (χ4v) is 5.52. The normalized spacial score (nSPS) is 15.0. The molecule has 7 heteroatoms. The molecule has 2 atom stereocenters. The predicted molar refractivity (Wildman–Crippen MR) is 97.6 cm³/mol. The first-order valence-corrected chi connectivity index (χ1v) is 10.9. The van der Waals surface area contributed by atoms with Gasteiger partial charge in [0.15, 0.2) is 0 Å². The third-order valence-corrected chi connectivity index (χ3v) is 7.05. The van der Waals surface area contributed by atoms with Crippen molar-refractivity contribution in [3.8, 4) is 0 Å². The first-order chi connectivity index (χ1) is 10.8. The van der Waals surface area contributed by atoms with Crippen molar-refractivity contribution in [3.05, 3.63) is 16.5 Å². The van der Waals surface area contributed by atoms with Crippen molar-refractivity contribution in [2.24, 2.45) is 11.8 Å². The summed E-state index contributed by atoms with van der Waals surface area (Å²) in [6.07, 6.45) is 5.11. The molecule has 0 saturated heterocycles. The quantitative estimate of drug-likeness (QED) is 0.562. The molecule has 0 saturated carbocycles. The van der Waals surface area contributed by atoms with Gasteiger partial charge in [-0.3, -0.25) is 0 Å². The van der Waals surface area contributed by atoms with Gasteiger partial charge in [-0.1, -0.05) is 51.6 Å². The lowest BCUT2D eigenvalue weighted by molar-refractivity contribution is 0.191. The van der Waals surface area contributed by atoms with Crippen LogP contribution in [-0.4, -0.2) is 26.2 Å². The standard InChI is InChI=1S/C16H28ClNO3S2/c1-4-5-6-7-13(10-12(2)3)14(11-19)18-23(20,21)16-9-8-15(17)22-16/h8-9,12-14,18-19H,4-7,10-11H2,1-3H3/t13-,14-/m1/s1. The number of thiophene rings is 1.